The van der Waals surface area contributed by atoms with Crippen molar-refractivity contribution in [3.63, 3.8) is 0 Å². The van der Waals surface area contributed by atoms with E-state index in [1.165, 1.54) is 12.5 Å². The Morgan fingerprint density at radius 2 is 2.15 bits per heavy atom. The van der Waals surface area contributed by atoms with E-state index in [4.69, 9.17) is 8.83 Å². The van der Waals surface area contributed by atoms with E-state index < -0.39 is 29.7 Å². The van der Waals surface area contributed by atoms with Crippen LogP contribution in [-0.4, -0.2) is 41.2 Å². The van der Waals surface area contributed by atoms with Gasteiger partial charge in [0.1, 0.15) is 6.04 Å². The average molecular weight is 360 g/mol. The lowest BCUT2D eigenvalue weighted by Gasteiger charge is -2.26. The van der Waals surface area contributed by atoms with E-state index in [1.54, 1.807) is 12.1 Å². The van der Waals surface area contributed by atoms with Crippen molar-refractivity contribution < 1.29 is 23.2 Å². The summed E-state index contributed by atoms with van der Waals surface area (Å²) in [6.07, 6.45) is 3.38. The number of Topliss-reactive ketones (excluding diaryl/α,β-unsaturated/α-hetero) is 1. The Hall–Kier alpha value is -3.10. The Morgan fingerprint density at radius 1 is 1.35 bits per heavy atom. The van der Waals surface area contributed by atoms with E-state index in [0.29, 0.717) is 24.5 Å². The maximum Gasteiger partial charge on any atom is 0.295 e. The topological polar surface area (TPSA) is 126 Å². The molecule has 0 aliphatic carbocycles. The summed E-state index contributed by atoms with van der Waals surface area (Å²) in [6, 6.07) is 2.12. The van der Waals surface area contributed by atoms with E-state index in [9.17, 15) is 14.4 Å². The van der Waals surface area contributed by atoms with Gasteiger partial charge in [-0.15, -0.1) is 0 Å². The largest absolute Gasteiger partial charge is 0.461 e. The minimum Gasteiger partial charge on any atom is -0.461 e. The fraction of sp³-hybridized carbons (Fsp3) is 0.412. The second kappa shape index (κ2) is 7.42. The lowest BCUT2D eigenvalue weighted by molar-refractivity contribution is -0.141. The maximum absolute atomic E-state index is 12.6. The summed E-state index contributed by atoms with van der Waals surface area (Å²) in [7, 11) is 0. The quantitative estimate of drug-likeness (QED) is 0.655. The Labute approximate surface area is 149 Å². The SMILES string of the molecule is CC(C)C(Nc1ncc(-c2ccco2)o1)C(=O)NC1CCNC(=O)C1=O. The van der Waals surface area contributed by atoms with Gasteiger partial charge in [0.2, 0.25) is 11.7 Å². The summed E-state index contributed by atoms with van der Waals surface area (Å²) in [5.74, 6) is -0.864. The van der Waals surface area contributed by atoms with Gasteiger partial charge in [-0.2, -0.15) is 0 Å². The number of ketones is 1. The van der Waals surface area contributed by atoms with Gasteiger partial charge in [-0.3, -0.25) is 14.4 Å². The third-order valence-corrected chi connectivity index (χ3v) is 4.07. The molecule has 2 unspecified atom stereocenters. The molecule has 3 heterocycles. The van der Waals surface area contributed by atoms with Crippen molar-refractivity contribution in [1.82, 2.24) is 15.6 Å². The molecular formula is C17H20N4O5. The predicted octanol–water partition coefficient (Wildman–Crippen LogP) is 0.945. The summed E-state index contributed by atoms with van der Waals surface area (Å²) < 4.78 is 10.8. The zero-order valence-corrected chi connectivity index (χ0v) is 14.4. The van der Waals surface area contributed by atoms with E-state index in [0.717, 1.165) is 0 Å². The van der Waals surface area contributed by atoms with Crippen molar-refractivity contribution in [3.05, 3.63) is 24.6 Å². The van der Waals surface area contributed by atoms with Gasteiger partial charge < -0.3 is 24.8 Å². The number of amides is 2. The number of piperidine rings is 1. The number of furan rings is 1. The molecule has 3 N–H and O–H groups in total. The first kappa shape index (κ1) is 17.7. The van der Waals surface area contributed by atoms with E-state index in [-0.39, 0.29) is 11.9 Å². The summed E-state index contributed by atoms with van der Waals surface area (Å²) in [5.41, 5.74) is 0. The molecule has 0 aromatic carbocycles. The molecule has 1 aliphatic rings. The molecule has 0 radical (unpaired) electrons. The summed E-state index contributed by atoms with van der Waals surface area (Å²) in [4.78, 5) is 40.0. The molecule has 1 fully saturated rings. The molecular weight excluding hydrogens is 340 g/mol. The standard InChI is InChI=1S/C17H20N4O5/c1-9(2)13(15(23)20-10-5-6-18-16(24)14(10)22)21-17-19-8-12(26-17)11-4-3-7-25-11/h3-4,7-10,13H,5-6H2,1-2H3,(H,18,24)(H,19,21)(H,20,23). The summed E-state index contributed by atoms with van der Waals surface area (Å²) in [6.45, 7) is 4.05. The number of nitrogens with zero attached hydrogens (tertiary/aromatic N) is 1. The molecule has 0 bridgehead atoms. The lowest BCUT2D eigenvalue weighted by Crippen LogP contribution is -2.56. The Kier molecular flexibility index (Phi) is 5.06. The van der Waals surface area contributed by atoms with Gasteiger partial charge in [-0.1, -0.05) is 13.8 Å². The van der Waals surface area contributed by atoms with Gasteiger partial charge in [-0.05, 0) is 24.5 Å². The van der Waals surface area contributed by atoms with Crippen LogP contribution in [0, 0.1) is 5.92 Å². The van der Waals surface area contributed by atoms with Crippen LogP contribution in [0.15, 0.2) is 33.4 Å². The molecule has 0 spiro atoms. The highest BCUT2D eigenvalue weighted by atomic mass is 16.4. The first-order chi connectivity index (χ1) is 12.5. The zero-order chi connectivity index (χ0) is 18.7. The van der Waals surface area contributed by atoms with E-state index in [2.05, 4.69) is 20.9 Å². The summed E-state index contributed by atoms with van der Waals surface area (Å²) in [5, 5.41) is 8.02. The minimum absolute atomic E-state index is 0.110. The van der Waals surface area contributed by atoms with Crippen LogP contribution >= 0.6 is 0 Å². The van der Waals surface area contributed by atoms with Gasteiger partial charge in [0.25, 0.3) is 11.9 Å². The van der Waals surface area contributed by atoms with Crippen LogP contribution < -0.4 is 16.0 Å². The van der Waals surface area contributed by atoms with Crippen LogP contribution in [0.4, 0.5) is 6.01 Å². The molecule has 2 aromatic rings. The van der Waals surface area contributed by atoms with Crippen molar-refractivity contribution in [1.29, 1.82) is 0 Å². The van der Waals surface area contributed by atoms with Crippen molar-refractivity contribution >= 4 is 23.6 Å². The molecule has 1 saturated heterocycles. The number of carbonyl (C=O) groups excluding carboxylic acids is 3. The van der Waals surface area contributed by atoms with Crippen molar-refractivity contribution in [2.45, 2.75) is 32.4 Å². The van der Waals surface area contributed by atoms with Crippen LogP contribution in [-0.2, 0) is 14.4 Å². The first-order valence-corrected chi connectivity index (χ1v) is 8.34. The van der Waals surface area contributed by atoms with Gasteiger partial charge in [0, 0.05) is 6.54 Å². The van der Waals surface area contributed by atoms with Gasteiger partial charge in [0.05, 0.1) is 18.5 Å². The number of oxazole rings is 1. The van der Waals surface area contributed by atoms with Gasteiger partial charge in [-0.25, -0.2) is 4.98 Å². The highest BCUT2D eigenvalue weighted by Crippen LogP contribution is 2.23. The molecule has 9 heteroatoms. The molecule has 138 valence electrons. The molecule has 9 nitrogen and oxygen atoms in total. The second-order valence-electron chi connectivity index (χ2n) is 6.34. The van der Waals surface area contributed by atoms with E-state index >= 15 is 0 Å². The third kappa shape index (κ3) is 3.76. The highest BCUT2D eigenvalue weighted by Gasteiger charge is 2.33. The molecule has 2 aromatic heterocycles. The van der Waals surface area contributed by atoms with Crippen LogP contribution in [0.3, 0.4) is 0 Å². The number of nitrogens with one attached hydrogen (secondary N) is 3. The Balaban J connectivity index is 1.68. The molecule has 0 saturated carbocycles. The number of aromatic nitrogens is 1. The predicted molar refractivity (Wildman–Crippen MR) is 91.0 cm³/mol. The number of rotatable bonds is 6. The van der Waals surface area contributed by atoms with Crippen molar-refractivity contribution in [3.8, 4) is 11.5 Å². The normalized spacial score (nSPS) is 18.5. The van der Waals surface area contributed by atoms with Crippen LogP contribution in [0.5, 0.6) is 0 Å². The fourth-order valence-corrected chi connectivity index (χ4v) is 2.65. The van der Waals surface area contributed by atoms with Crippen molar-refractivity contribution in [2.24, 2.45) is 5.92 Å². The van der Waals surface area contributed by atoms with Crippen LogP contribution in [0.2, 0.25) is 0 Å². The number of hydrogen-bond acceptors (Lipinski definition) is 7. The summed E-state index contributed by atoms with van der Waals surface area (Å²) >= 11 is 0. The van der Waals surface area contributed by atoms with Gasteiger partial charge in [0.15, 0.2) is 11.5 Å². The molecule has 2 amide bonds. The number of hydrogen-bond donors (Lipinski definition) is 3. The lowest BCUT2D eigenvalue weighted by atomic mass is 10.0. The fourth-order valence-electron chi connectivity index (χ4n) is 2.65. The van der Waals surface area contributed by atoms with E-state index in [1.807, 2.05) is 13.8 Å². The molecule has 3 rings (SSSR count). The smallest absolute Gasteiger partial charge is 0.295 e. The average Bonchev–Trinajstić information content (AvgIpc) is 3.27. The molecule has 1 aliphatic heterocycles. The first-order valence-electron chi connectivity index (χ1n) is 8.34. The molecule has 2 atom stereocenters. The maximum atomic E-state index is 12.6. The highest BCUT2D eigenvalue weighted by molar-refractivity contribution is 6.39. The van der Waals surface area contributed by atoms with Gasteiger partial charge >= 0.3 is 0 Å². The van der Waals surface area contributed by atoms with Crippen LogP contribution in [0.1, 0.15) is 20.3 Å². The minimum atomic E-state index is -0.817. The molecule has 26 heavy (non-hydrogen) atoms. The zero-order valence-electron chi connectivity index (χ0n) is 14.4. The third-order valence-electron chi connectivity index (χ3n) is 4.07. The Bertz CT molecular complexity index is 796. The van der Waals surface area contributed by atoms with Crippen molar-refractivity contribution in [2.75, 3.05) is 11.9 Å². The second-order valence-corrected chi connectivity index (χ2v) is 6.34. The monoisotopic (exact) mass is 360 g/mol. The number of anilines is 1. The Morgan fingerprint density at radius 3 is 2.85 bits per heavy atom. The van der Waals surface area contributed by atoms with Crippen LogP contribution in [0.25, 0.3) is 11.5 Å². The number of carbonyl (C=O) groups is 3.